The van der Waals surface area contributed by atoms with Crippen molar-refractivity contribution in [3.63, 3.8) is 0 Å². The Labute approximate surface area is 337 Å². The van der Waals surface area contributed by atoms with Crippen LogP contribution >= 0.6 is 57.6 Å². The Hall–Kier alpha value is -3.96. The molecule has 268 valence electrons. The molecule has 53 heavy (non-hydrogen) atoms. The number of ether oxygens (including phenoxy) is 2. The number of hydrogen-bond acceptors (Lipinski definition) is 6. The number of hydrogen-bond donors (Lipinski definition) is 1. The van der Waals surface area contributed by atoms with E-state index < -0.39 is 0 Å². The van der Waals surface area contributed by atoms with Crippen molar-refractivity contribution < 1.29 is 14.3 Å². The van der Waals surface area contributed by atoms with Gasteiger partial charge in [0.1, 0.15) is 6.61 Å². The van der Waals surface area contributed by atoms with Gasteiger partial charge in [0.25, 0.3) is 5.91 Å². The molecule has 0 aromatic heterocycles. The van der Waals surface area contributed by atoms with E-state index in [0.29, 0.717) is 38.2 Å². The van der Waals surface area contributed by atoms with Crippen LogP contribution in [0.3, 0.4) is 0 Å². The summed E-state index contributed by atoms with van der Waals surface area (Å²) in [6.07, 6.45) is 3.97. The summed E-state index contributed by atoms with van der Waals surface area (Å²) in [5, 5.41) is 4.70. The van der Waals surface area contributed by atoms with E-state index in [1.807, 2.05) is 31.2 Å². The van der Waals surface area contributed by atoms with Crippen LogP contribution in [0.5, 0.6) is 11.5 Å². The molecule has 10 heteroatoms. The molecule has 0 spiro atoms. The van der Waals surface area contributed by atoms with Crippen LogP contribution in [0.25, 0.3) is 6.08 Å². The number of aliphatic imine (C=N–C) groups is 1. The Morgan fingerprint density at radius 2 is 1.55 bits per heavy atom. The Morgan fingerprint density at radius 3 is 2.17 bits per heavy atom. The molecule has 2 atom stereocenters. The van der Waals surface area contributed by atoms with E-state index >= 15 is 0 Å². The lowest BCUT2D eigenvalue weighted by atomic mass is 9.76. The van der Waals surface area contributed by atoms with Gasteiger partial charge in [-0.05, 0) is 124 Å². The Kier molecular flexibility index (Phi) is 10.7. The van der Waals surface area contributed by atoms with Crippen molar-refractivity contribution >= 4 is 86.1 Å². The first kappa shape index (κ1) is 36.0. The minimum absolute atomic E-state index is 0.186. The van der Waals surface area contributed by atoms with Gasteiger partial charge in [-0.15, -0.1) is 0 Å². The number of rotatable bonds is 9. The minimum Gasteiger partial charge on any atom is -0.490 e. The summed E-state index contributed by atoms with van der Waals surface area (Å²) in [5.74, 6) is 1.56. The summed E-state index contributed by atoms with van der Waals surface area (Å²) in [6.45, 7) is 4.70. The largest absolute Gasteiger partial charge is 0.490 e. The molecular formula is C43H36Cl2IN3O3S. The lowest BCUT2D eigenvalue weighted by Crippen LogP contribution is -2.37. The molecule has 1 amide bonds. The second kappa shape index (κ2) is 15.8. The van der Waals surface area contributed by atoms with Gasteiger partial charge in [0, 0.05) is 46.2 Å². The SMILES string of the molecule is CCOc1cc(/C=C2\SC(=Nc3cc4c5c(c3)[C@H](c3ccccc3)CCN5CC[C@@H]4c3ccccc3)NC2=O)cc(I)c1OCc1ccc(Cl)cc1Cl. The van der Waals surface area contributed by atoms with Crippen molar-refractivity contribution in [3.8, 4) is 11.5 Å². The predicted octanol–water partition coefficient (Wildman–Crippen LogP) is 11.3. The molecule has 0 aliphatic carbocycles. The van der Waals surface area contributed by atoms with E-state index in [1.54, 1.807) is 12.1 Å². The van der Waals surface area contributed by atoms with E-state index in [1.165, 1.54) is 39.7 Å². The zero-order valence-corrected chi connectivity index (χ0v) is 33.4. The number of thioether (sulfide) groups is 1. The van der Waals surface area contributed by atoms with Gasteiger partial charge in [-0.3, -0.25) is 4.79 Å². The molecule has 1 saturated heterocycles. The molecule has 1 N–H and O–H groups in total. The maximum absolute atomic E-state index is 13.4. The van der Waals surface area contributed by atoms with Gasteiger partial charge in [-0.2, -0.15) is 0 Å². The predicted molar refractivity (Wildman–Crippen MR) is 226 cm³/mol. The van der Waals surface area contributed by atoms with E-state index in [-0.39, 0.29) is 24.3 Å². The molecular weight excluding hydrogens is 836 g/mol. The molecule has 3 heterocycles. The lowest BCUT2D eigenvalue weighted by Gasteiger charge is -2.43. The first-order chi connectivity index (χ1) is 25.8. The molecule has 3 aliphatic heterocycles. The van der Waals surface area contributed by atoms with Crippen LogP contribution in [0.2, 0.25) is 10.0 Å². The highest BCUT2D eigenvalue weighted by molar-refractivity contribution is 14.1. The smallest absolute Gasteiger partial charge is 0.264 e. The molecule has 3 aliphatic rings. The van der Waals surface area contributed by atoms with Gasteiger partial charge in [-0.1, -0.05) is 89.9 Å². The number of amidine groups is 1. The van der Waals surface area contributed by atoms with E-state index in [9.17, 15) is 4.79 Å². The second-order valence-corrected chi connectivity index (χ2v) is 16.3. The van der Waals surface area contributed by atoms with Gasteiger partial charge < -0.3 is 19.7 Å². The summed E-state index contributed by atoms with van der Waals surface area (Å²) in [5.41, 5.74) is 9.10. The van der Waals surface area contributed by atoms with Gasteiger partial charge >= 0.3 is 0 Å². The first-order valence-electron chi connectivity index (χ1n) is 17.7. The fourth-order valence-electron chi connectivity index (χ4n) is 7.52. The van der Waals surface area contributed by atoms with Crippen molar-refractivity contribution in [2.24, 2.45) is 4.99 Å². The number of benzene rings is 5. The standard InChI is InChI=1S/C43H36Cl2IN3O3S/c1-2-51-38-20-26(19-37(46)41(38)52-25-29-13-14-30(44)22-36(29)45)21-39-42(50)48-43(53-39)47-31-23-34-32(27-9-5-3-6-10-27)15-17-49-18-16-33(35(24-31)40(34)49)28-11-7-4-8-12-28/h3-14,19-24,32-33H,2,15-18,25H2,1H3,(H,47,48,50)/b39-21-/t32-,33+. The summed E-state index contributed by atoms with van der Waals surface area (Å²) in [7, 11) is 0. The molecule has 5 aromatic rings. The lowest BCUT2D eigenvalue weighted by molar-refractivity contribution is -0.115. The highest BCUT2D eigenvalue weighted by Crippen LogP contribution is 2.50. The number of halogens is 3. The third-order valence-electron chi connectivity index (χ3n) is 9.90. The fourth-order valence-corrected chi connectivity index (χ4v) is 9.60. The summed E-state index contributed by atoms with van der Waals surface area (Å²) >= 11 is 16.1. The minimum atomic E-state index is -0.186. The van der Waals surface area contributed by atoms with Crippen LogP contribution in [0, 0.1) is 3.57 Å². The maximum atomic E-state index is 13.4. The van der Waals surface area contributed by atoms with Crippen LogP contribution in [-0.2, 0) is 11.4 Å². The van der Waals surface area contributed by atoms with Gasteiger partial charge in [0.05, 0.1) is 20.8 Å². The highest BCUT2D eigenvalue weighted by Gasteiger charge is 2.35. The molecule has 6 nitrogen and oxygen atoms in total. The second-order valence-electron chi connectivity index (χ2n) is 13.2. The first-order valence-corrected chi connectivity index (χ1v) is 20.3. The van der Waals surface area contributed by atoms with Gasteiger partial charge in [0.15, 0.2) is 16.7 Å². The van der Waals surface area contributed by atoms with Crippen molar-refractivity contribution in [3.05, 3.63) is 155 Å². The molecule has 0 bridgehead atoms. The van der Waals surface area contributed by atoms with Crippen LogP contribution in [0.4, 0.5) is 11.4 Å². The summed E-state index contributed by atoms with van der Waals surface area (Å²) in [4.78, 5) is 21.6. The quantitative estimate of drug-likeness (QED) is 0.118. The number of nitrogens with one attached hydrogen (secondary N) is 1. The number of anilines is 1. The molecule has 0 unspecified atom stereocenters. The van der Waals surface area contributed by atoms with Crippen molar-refractivity contribution in [2.75, 3.05) is 24.6 Å². The average molecular weight is 873 g/mol. The zero-order valence-electron chi connectivity index (χ0n) is 29.0. The average Bonchev–Trinajstić information content (AvgIpc) is 3.50. The summed E-state index contributed by atoms with van der Waals surface area (Å²) < 4.78 is 13.1. The molecule has 0 saturated carbocycles. The highest BCUT2D eigenvalue weighted by atomic mass is 127. The van der Waals surface area contributed by atoms with E-state index in [4.69, 9.17) is 37.7 Å². The third kappa shape index (κ3) is 7.69. The fraction of sp³-hybridized carbons (Fsp3) is 0.209. The van der Waals surface area contributed by atoms with Crippen molar-refractivity contribution in [2.45, 2.75) is 38.2 Å². The number of carbonyl (C=O) groups excluding carboxylic acids is 1. The Morgan fingerprint density at radius 1 is 0.887 bits per heavy atom. The van der Waals surface area contributed by atoms with Crippen molar-refractivity contribution in [1.29, 1.82) is 0 Å². The molecule has 1 fully saturated rings. The van der Waals surface area contributed by atoms with E-state index in [2.05, 4.69) is 106 Å². The van der Waals surface area contributed by atoms with Crippen molar-refractivity contribution in [1.82, 2.24) is 5.32 Å². The van der Waals surface area contributed by atoms with Gasteiger partial charge in [0.2, 0.25) is 0 Å². The summed E-state index contributed by atoms with van der Waals surface area (Å²) in [6, 6.07) is 35.3. The Bertz CT molecular complexity index is 2180. The topological polar surface area (TPSA) is 63.2 Å². The molecule has 8 rings (SSSR count). The zero-order chi connectivity index (χ0) is 36.5. The van der Waals surface area contributed by atoms with Crippen LogP contribution in [0.1, 0.15) is 65.0 Å². The monoisotopic (exact) mass is 871 g/mol. The third-order valence-corrected chi connectivity index (χ3v) is 12.2. The number of nitrogens with zero attached hydrogens (tertiary/aromatic N) is 2. The molecule has 5 aromatic carbocycles. The molecule has 0 radical (unpaired) electrons. The van der Waals surface area contributed by atoms with Crippen LogP contribution in [0.15, 0.2) is 113 Å². The van der Waals surface area contributed by atoms with Crippen LogP contribution < -0.4 is 19.7 Å². The Balaban J connectivity index is 1.11. The normalized spacial score (nSPS) is 19.3. The number of carbonyl (C=O) groups is 1. The maximum Gasteiger partial charge on any atom is 0.264 e. The van der Waals surface area contributed by atoms with Gasteiger partial charge in [-0.25, -0.2) is 4.99 Å². The number of amides is 1. The van der Waals surface area contributed by atoms with Crippen LogP contribution in [-0.4, -0.2) is 30.8 Å². The van der Waals surface area contributed by atoms with E-state index in [0.717, 1.165) is 46.3 Å².